The predicted molar refractivity (Wildman–Crippen MR) is 117 cm³/mol. The molecule has 0 amide bonds. The van der Waals surface area contributed by atoms with Gasteiger partial charge in [0, 0.05) is 13.0 Å². The van der Waals surface area contributed by atoms with Gasteiger partial charge in [-0.15, -0.1) is 0 Å². The summed E-state index contributed by atoms with van der Waals surface area (Å²) < 4.78 is 2.36. The maximum Gasteiger partial charge on any atom is 0.220 e. The minimum Gasteiger partial charge on any atom is -0.198 e. The molecule has 0 aliphatic carbocycles. The second-order valence-corrected chi connectivity index (χ2v) is 8.88. The van der Waals surface area contributed by atoms with Crippen molar-refractivity contribution in [2.45, 2.75) is 66.7 Å². The molecule has 0 saturated heterocycles. The number of nitrogens with zero attached hydrogens (tertiary/aromatic N) is 1. The summed E-state index contributed by atoms with van der Waals surface area (Å²) >= 11 is 0. The summed E-state index contributed by atoms with van der Waals surface area (Å²) in [6.45, 7) is 15.9. The maximum absolute atomic E-state index is 2.40. The average molecular weight is 361 g/mol. The van der Waals surface area contributed by atoms with Crippen molar-refractivity contribution < 1.29 is 4.57 Å². The molecule has 0 N–H and O–H groups in total. The highest BCUT2D eigenvalue weighted by Gasteiger charge is 2.23. The summed E-state index contributed by atoms with van der Waals surface area (Å²) in [6, 6.07) is 14.1. The van der Waals surface area contributed by atoms with E-state index < -0.39 is 0 Å². The van der Waals surface area contributed by atoms with Gasteiger partial charge in [-0.3, -0.25) is 0 Å². The van der Waals surface area contributed by atoms with Gasteiger partial charge in [-0.1, -0.05) is 52.8 Å². The molecule has 1 heterocycles. The predicted octanol–water partition coefficient (Wildman–Crippen LogP) is 6.37. The molecular weight excluding hydrogens is 326 g/mol. The van der Waals surface area contributed by atoms with Gasteiger partial charge in [0.1, 0.15) is 7.05 Å². The minimum atomic E-state index is 0.160. The van der Waals surface area contributed by atoms with Crippen molar-refractivity contribution in [3.05, 3.63) is 64.3 Å². The Kier molecular flexibility index (Phi) is 5.16. The normalized spacial score (nSPS) is 12.0. The van der Waals surface area contributed by atoms with Crippen LogP contribution >= 0.6 is 0 Å². The van der Waals surface area contributed by atoms with Crippen LogP contribution in [0.5, 0.6) is 0 Å². The lowest BCUT2D eigenvalue weighted by Gasteiger charge is -2.20. The number of fused-ring (bicyclic) bond motifs is 1. The molecule has 0 aliphatic rings. The molecule has 0 saturated carbocycles. The third-order valence-electron chi connectivity index (χ3n) is 6.02. The fourth-order valence-corrected chi connectivity index (χ4v) is 4.03. The number of pyridine rings is 1. The smallest absolute Gasteiger partial charge is 0.198 e. The number of hydrogen-bond donors (Lipinski definition) is 0. The molecule has 0 atom stereocenters. The second-order valence-electron chi connectivity index (χ2n) is 8.88. The molecule has 0 bridgehead atoms. The van der Waals surface area contributed by atoms with Crippen LogP contribution in [0.25, 0.3) is 22.0 Å². The standard InChI is InChI=1S/C26H34N/c1-9-19-14-20(10-2)18(4)24(15-19)25-23-12-11-22(26(5,6)7)16-21(23)13-17(3)27(25)8/h11-16H,9-10H2,1-8H3/q+1. The third-order valence-corrected chi connectivity index (χ3v) is 6.02. The van der Waals surface area contributed by atoms with Gasteiger partial charge in [-0.25, -0.2) is 0 Å². The van der Waals surface area contributed by atoms with E-state index in [9.17, 15) is 0 Å². The maximum atomic E-state index is 2.40. The first-order valence-corrected chi connectivity index (χ1v) is 10.2. The Balaban J connectivity index is 2.40. The van der Waals surface area contributed by atoms with Crippen LogP contribution in [0.1, 0.15) is 62.6 Å². The number of hydrogen-bond acceptors (Lipinski definition) is 0. The van der Waals surface area contributed by atoms with Crippen LogP contribution in [-0.4, -0.2) is 0 Å². The van der Waals surface area contributed by atoms with E-state index in [1.54, 1.807) is 0 Å². The molecule has 27 heavy (non-hydrogen) atoms. The van der Waals surface area contributed by atoms with Gasteiger partial charge in [0.25, 0.3) is 0 Å². The Morgan fingerprint density at radius 2 is 1.59 bits per heavy atom. The van der Waals surface area contributed by atoms with Gasteiger partial charge in [-0.05, 0) is 65.0 Å². The first kappa shape index (κ1) is 19.6. The Morgan fingerprint density at radius 3 is 2.19 bits per heavy atom. The molecular formula is C26H34N+. The largest absolute Gasteiger partial charge is 0.220 e. The number of benzene rings is 2. The van der Waals surface area contributed by atoms with Crippen LogP contribution < -0.4 is 4.57 Å². The lowest BCUT2D eigenvalue weighted by Crippen LogP contribution is -2.35. The average Bonchev–Trinajstić information content (AvgIpc) is 2.62. The Bertz CT molecular complexity index is 1000. The van der Waals surface area contributed by atoms with Gasteiger partial charge in [0.2, 0.25) is 5.69 Å². The highest BCUT2D eigenvalue weighted by molar-refractivity contribution is 5.94. The molecule has 0 radical (unpaired) electrons. The molecule has 2 aromatic carbocycles. The van der Waals surface area contributed by atoms with Crippen molar-refractivity contribution in [3.8, 4) is 11.3 Å². The van der Waals surface area contributed by atoms with E-state index in [-0.39, 0.29) is 5.41 Å². The first-order chi connectivity index (χ1) is 12.7. The lowest BCUT2D eigenvalue weighted by molar-refractivity contribution is -0.665. The van der Waals surface area contributed by atoms with Crippen molar-refractivity contribution in [3.63, 3.8) is 0 Å². The SMILES string of the molecule is CCc1cc(CC)c(C)c(-c2c3ccc(C(C)(C)C)cc3cc(C)[n+]2C)c1. The molecule has 1 aromatic heterocycles. The van der Waals surface area contributed by atoms with Gasteiger partial charge in [0.05, 0.1) is 10.9 Å². The summed E-state index contributed by atoms with van der Waals surface area (Å²) in [7, 11) is 2.20. The molecule has 142 valence electrons. The summed E-state index contributed by atoms with van der Waals surface area (Å²) in [5.74, 6) is 0. The van der Waals surface area contributed by atoms with E-state index in [1.165, 1.54) is 50.0 Å². The minimum absolute atomic E-state index is 0.160. The van der Waals surface area contributed by atoms with E-state index in [0.717, 1.165) is 12.8 Å². The second kappa shape index (κ2) is 7.11. The Morgan fingerprint density at radius 1 is 0.889 bits per heavy atom. The van der Waals surface area contributed by atoms with Crippen LogP contribution in [0.2, 0.25) is 0 Å². The van der Waals surface area contributed by atoms with Gasteiger partial charge in [0.15, 0.2) is 5.69 Å². The van der Waals surface area contributed by atoms with Crippen molar-refractivity contribution in [1.29, 1.82) is 0 Å². The highest BCUT2D eigenvalue weighted by atomic mass is 14.9. The zero-order chi connectivity index (χ0) is 19.9. The van der Waals surface area contributed by atoms with Crippen LogP contribution in [0, 0.1) is 13.8 Å². The van der Waals surface area contributed by atoms with Crippen LogP contribution in [-0.2, 0) is 25.3 Å². The van der Waals surface area contributed by atoms with Gasteiger partial charge in [-0.2, -0.15) is 4.57 Å². The third kappa shape index (κ3) is 3.52. The summed E-state index contributed by atoms with van der Waals surface area (Å²) in [5, 5.41) is 2.68. The van der Waals surface area contributed by atoms with Crippen LogP contribution in [0.4, 0.5) is 0 Å². The van der Waals surface area contributed by atoms with Crippen molar-refractivity contribution in [1.82, 2.24) is 0 Å². The van der Waals surface area contributed by atoms with E-state index in [4.69, 9.17) is 0 Å². The van der Waals surface area contributed by atoms with Crippen molar-refractivity contribution in [2.75, 3.05) is 0 Å². The summed E-state index contributed by atoms with van der Waals surface area (Å²) in [4.78, 5) is 0. The lowest BCUT2D eigenvalue weighted by atomic mass is 9.85. The molecule has 1 nitrogen and oxygen atoms in total. The summed E-state index contributed by atoms with van der Waals surface area (Å²) in [6.07, 6.45) is 2.15. The van der Waals surface area contributed by atoms with Crippen molar-refractivity contribution >= 4 is 10.8 Å². The summed E-state index contributed by atoms with van der Waals surface area (Å²) in [5.41, 5.74) is 9.87. The highest BCUT2D eigenvalue weighted by Crippen LogP contribution is 2.34. The molecule has 0 fully saturated rings. The quantitative estimate of drug-likeness (QED) is 0.478. The molecule has 1 heteroatoms. The Labute approximate surface area is 165 Å². The van der Waals surface area contributed by atoms with Gasteiger partial charge < -0.3 is 0 Å². The number of rotatable bonds is 3. The number of aromatic nitrogens is 1. The fraction of sp³-hybridized carbons (Fsp3) is 0.423. The van der Waals surface area contributed by atoms with E-state index in [0.29, 0.717) is 0 Å². The zero-order valence-electron chi connectivity index (χ0n) is 18.3. The molecule has 0 spiro atoms. The molecule has 3 rings (SSSR count). The molecule has 0 unspecified atom stereocenters. The van der Waals surface area contributed by atoms with E-state index >= 15 is 0 Å². The van der Waals surface area contributed by atoms with Gasteiger partial charge >= 0.3 is 0 Å². The monoisotopic (exact) mass is 360 g/mol. The topological polar surface area (TPSA) is 3.88 Å². The fourth-order valence-electron chi connectivity index (χ4n) is 4.03. The van der Waals surface area contributed by atoms with Crippen LogP contribution in [0.15, 0.2) is 36.4 Å². The van der Waals surface area contributed by atoms with E-state index in [2.05, 4.69) is 96.5 Å². The van der Waals surface area contributed by atoms with Crippen molar-refractivity contribution in [2.24, 2.45) is 7.05 Å². The molecule has 0 aliphatic heterocycles. The zero-order valence-corrected chi connectivity index (χ0v) is 18.3. The number of aryl methyl sites for hydroxylation is 3. The molecule has 3 aromatic rings. The Hall–Kier alpha value is -2.15. The van der Waals surface area contributed by atoms with Crippen LogP contribution in [0.3, 0.4) is 0 Å². The first-order valence-electron chi connectivity index (χ1n) is 10.2. The van der Waals surface area contributed by atoms with E-state index in [1.807, 2.05) is 0 Å².